The van der Waals surface area contributed by atoms with Gasteiger partial charge in [-0.2, -0.15) is 4.98 Å². The van der Waals surface area contributed by atoms with Crippen molar-refractivity contribution in [3.8, 4) is 0 Å². The molecule has 3 N–H and O–H groups in total. The molecule has 10 nitrogen and oxygen atoms in total. The van der Waals surface area contributed by atoms with Crippen LogP contribution in [0.1, 0.15) is 83.1 Å². The molecule has 2 aliphatic heterocycles. The standard InChI is InChI=1S/C33H44F2N8O2/c34-26-4-3-5-27(35)29(26)39-33-38-28-20-36-32(37-22-8-12-25(44)13-9-22)40-30(28)43(33)24-10-6-21(7-11-24)31(45)42-18-14-23(15-19-42)41-16-1-2-17-41/h3-5,20-25,44H,1-2,6-19H2,(H,38,39)(H,36,37,40). The highest BCUT2D eigenvalue weighted by molar-refractivity contribution is 5.79. The monoisotopic (exact) mass is 622 g/mol. The maximum Gasteiger partial charge on any atom is 0.225 e. The van der Waals surface area contributed by atoms with Crippen LogP contribution in [0.2, 0.25) is 0 Å². The largest absolute Gasteiger partial charge is 0.393 e. The van der Waals surface area contributed by atoms with Crippen LogP contribution in [-0.4, -0.2) is 84.7 Å². The number of imidazole rings is 1. The molecule has 2 saturated carbocycles. The van der Waals surface area contributed by atoms with Gasteiger partial charge in [-0.05, 0) is 102 Å². The van der Waals surface area contributed by atoms with Crippen molar-refractivity contribution >= 4 is 34.7 Å². The molecule has 4 heterocycles. The van der Waals surface area contributed by atoms with Crippen LogP contribution in [-0.2, 0) is 4.79 Å². The normalized spacial score (nSPS) is 26.8. The van der Waals surface area contributed by atoms with E-state index in [1.165, 1.54) is 44.1 Å². The van der Waals surface area contributed by atoms with Crippen molar-refractivity contribution in [2.24, 2.45) is 5.92 Å². The van der Waals surface area contributed by atoms with Gasteiger partial charge in [-0.25, -0.2) is 18.7 Å². The molecule has 242 valence electrons. The predicted molar refractivity (Wildman–Crippen MR) is 168 cm³/mol. The number of rotatable bonds is 7. The van der Waals surface area contributed by atoms with Crippen LogP contribution < -0.4 is 10.6 Å². The van der Waals surface area contributed by atoms with Gasteiger partial charge in [0.25, 0.3) is 0 Å². The fraction of sp³-hybridized carbons (Fsp3) is 0.636. The Kier molecular flexibility index (Phi) is 8.85. The Morgan fingerprint density at radius 3 is 2.22 bits per heavy atom. The van der Waals surface area contributed by atoms with Crippen molar-refractivity contribution in [2.45, 2.75) is 101 Å². The Labute approximate surface area is 262 Å². The number of likely N-dealkylation sites (tertiary alicyclic amines) is 2. The van der Waals surface area contributed by atoms with Crippen molar-refractivity contribution in [3.05, 3.63) is 36.0 Å². The molecule has 45 heavy (non-hydrogen) atoms. The number of piperidine rings is 1. The van der Waals surface area contributed by atoms with E-state index in [-0.39, 0.29) is 35.7 Å². The summed E-state index contributed by atoms with van der Waals surface area (Å²) < 4.78 is 31.4. The van der Waals surface area contributed by atoms with Gasteiger partial charge in [0.1, 0.15) is 22.8 Å². The van der Waals surface area contributed by atoms with Gasteiger partial charge in [0.2, 0.25) is 17.8 Å². The first-order chi connectivity index (χ1) is 21.9. The predicted octanol–water partition coefficient (Wildman–Crippen LogP) is 5.38. The SMILES string of the molecule is O=C(C1CCC(n2c(Nc3c(F)cccc3F)nc3cnc(NC4CCC(O)CC4)nc32)CC1)N1CCC(N2CCCC2)CC1. The highest BCUT2D eigenvalue weighted by Crippen LogP contribution is 2.39. The van der Waals surface area contributed by atoms with Crippen LogP contribution in [0.15, 0.2) is 24.4 Å². The number of hydrogen-bond acceptors (Lipinski definition) is 8. The molecule has 0 unspecified atom stereocenters. The van der Waals surface area contributed by atoms with E-state index in [2.05, 4.69) is 30.4 Å². The molecular weight excluding hydrogens is 578 g/mol. The highest BCUT2D eigenvalue weighted by atomic mass is 19.1. The van der Waals surface area contributed by atoms with Gasteiger partial charge in [0, 0.05) is 37.1 Å². The molecule has 0 atom stereocenters. The minimum absolute atomic E-state index is 0.0201. The van der Waals surface area contributed by atoms with E-state index in [9.17, 15) is 18.7 Å². The van der Waals surface area contributed by atoms with Gasteiger partial charge in [0.05, 0.1) is 12.3 Å². The molecule has 7 rings (SSSR count). The van der Waals surface area contributed by atoms with Gasteiger partial charge < -0.3 is 25.5 Å². The second-order valence-corrected chi connectivity index (χ2v) is 13.4. The van der Waals surface area contributed by atoms with Crippen molar-refractivity contribution in [2.75, 3.05) is 36.8 Å². The van der Waals surface area contributed by atoms with Gasteiger partial charge >= 0.3 is 0 Å². The molecule has 2 aromatic heterocycles. The first kappa shape index (κ1) is 30.3. The first-order valence-corrected chi connectivity index (χ1v) is 16.9. The quantitative estimate of drug-likeness (QED) is 0.322. The maximum absolute atomic E-state index is 14.7. The number of nitrogens with zero attached hydrogens (tertiary/aromatic N) is 6. The number of aliphatic hydroxyl groups excluding tert-OH is 1. The highest BCUT2D eigenvalue weighted by Gasteiger charge is 2.35. The lowest BCUT2D eigenvalue weighted by molar-refractivity contribution is -0.138. The third-order valence-corrected chi connectivity index (χ3v) is 10.5. The molecule has 4 aliphatic rings. The van der Waals surface area contributed by atoms with Crippen LogP contribution in [0.4, 0.5) is 26.4 Å². The molecule has 2 aliphatic carbocycles. The Hall–Kier alpha value is -3.38. The minimum Gasteiger partial charge on any atom is -0.393 e. The lowest BCUT2D eigenvalue weighted by Gasteiger charge is -2.39. The van der Waals surface area contributed by atoms with E-state index in [0.717, 1.165) is 77.3 Å². The van der Waals surface area contributed by atoms with Crippen LogP contribution >= 0.6 is 0 Å². The van der Waals surface area contributed by atoms with Crippen LogP contribution in [0, 0.1) is 17.6 Å². The third-order valence-electron chi connectivity index (χ3n) is 10.5. The molecule has 12 heteroatoms. The molecule has 4 fully saturated rings. The summed E-state index contributed by atoms with van der Waals surface area (Å²) in [6.45, 7) is 4.06. The smallest absolute Gasteiger partial charge is 0.225 e. The topological polar surface area (TPSA) is 111 Å². The summed E-state index contributed by atoms with van der Waals surface area (Å²) in [6.07, 6.45) is 12.1. The zero-order chi connectivity index (χ0) is 30.9. The number of aliphatic hydroxyl groups is 1. The van der Waals surface area contributed by atoms with E-state index in [1.807, 2.05) is 4.57 Å². The Morgan fingerprint density at radius 1 is 0.844 bits per heavy atom. The first-order valence-electron chi connectivity index (χ1n) is 16.9. The van der Waals surface area contributed by atoms with E-state index in [1.54, 1.807) is 6.20 Å². The van der Waals surface area contributed by atoms with E-state index < -0.39 is 11.6 Å². The van der Waals surface area contributed by atoms with Crippen LogP contribution in [0.5, 0.6) is 0 Å². The van der Waals surface area contributed by atoms with Crippen molar-refractivity contribution in [3.63, 3.8) is 0 Å². The Balaban J connectivity index is 1.09. The second-order valence-electron chi connectivity index (χ2n) is 13.4. The fourth-order valence-corrected chi connectivity index (χ4v) is 7.92. The molecule has 1 amide bonds. The number of nitrogens with one attached hydrogen (secondary N) is 2. The average Bonchev–Trinajstić information content (AvgIpc) is 3.72. The zero-order valence-electron chi connectivity index (χ0n) is 25.8. The number of benzene rings is 1. The molecular formula is C33H44F2N8O2. The molecule has 0 spiro atoms. The molecule has 3 aromatic rings. The molecule has 1 aromatic carbocycles. The fourth-order valence-electron chi connectivity index (χ4n) is 7.92. The third kappa shape index (κ3) is 6.49. The van der Waals surface area contributed by atoms with Gasteiger partial charge in [-0.3, -0.25) is 9.36 Å². The number of anilines is 3. The van der Waals surface area contributed by atoms with E-state index in [4.69, 9.17) is 4.98 Å². The number of para-hydroxylation sites is 1. The minimum atomic E-state index is -0.704. The Bertz CT molecular complexity index is 1470. The Morgan fingerprint density at radius 2 is 1.53 bits per heavy atom. The number of carbonyl (C=O) groups is 1. The summed E-state index contributed by atoms with van der Waals surface area (Å²) in [5.41, 5.74) is 0.849. The van der Waals surface area contributed by atoms with Gasteiger partial charge in [-0.15, -0.1) is 0 Å². The number of fused-ring (bicyclic) bond motifs is 1. The zero-order valence-corrected chi connectivity index (χ0v) is 25.8. The lowest BCUT2D eigenvalue weighted by atomic mass is 9.84. The summed E-state index contributed by atoms with van der Waals surface area (Å²) in [5, 5.41) is 16.2. The summed E-state index contributed by atoms with van der Waals surface area (Å²) in [6, 6.07) is 4.48. The van der Waals surface area contributed by atoms with Crippen molar-refractivity contribution in [1.29, 1.82) is 0 Å². The van der Waals surface area contributed by atoms with E-state index in [0.29, 0.717) is 29.1 Å². The van der Waals surface area contributed by atoms with Gasteiger partial charge in [0.15, 0.2) is 5.65 Å². The van der Waals surface area contributed by atoms with E-state index >= 15 is 0 Å². The van der Waals surface area contributed by atoms with Crippen LogP contribution in [0.3, 0.4) is 0 Å². The molecule has 0 radical (unpaired) electrons. The lowest BCUT2D eigenvalue weighted by Crippen LogP contribution is -2.48. The van der Waals surface area contributed by atoms with Crippen molar-refractivity contribution < 1.29 is 18.7 Å². The van der Waals surface area contributed by atoms with Crippen molar-refractivity contribution in [1.82, 2.24) is 29.3 Å². The number of halogens is 2. The summed E-state index contributed by atoms with van der Waals surface area (Å²) in [5.74, 6) is -0.390. The van der Waals surface area contributed by atoms with Gasteiger partial charge in [-0.1, -0.05) is 6.07 Å². The molecule has 0 bridgehead atoms. The second kappa shape index (κ2) is 13.2. The summed E-state index contributed by atoms with van der Waals surface area (Å²) >= 11 is 0. The number of aromatic nitrogens is 4. The van der Waals surface area contributed by atoms with Crippen LogP contribution in [0.25, 0.3) is 11.2 Å². The summed E-state index contributed by atoms with van der Waals surface area (Å²) in [7, 11) is 0. The summed E-state index contributed by atoms with van der Waals surface area (Å²) in [4.78, 5) is 32.3. The number of carbonyl (C=O) groups excluding carboxylic acids is 1. The number of hydrogen-bond donors (Lipinski definition) is 3. The number of amides is 1. The molecule has 2 saturated heterocycles. The average molecular weight is 623 g/mol. The maximum atomic E-state index is 14.7.